The van der Waals surface area contributed by atoms with Gasteiger partial charge in [-0.2, -0.15) is 16.8 Å². The van der Waals surface area contributed by atoms with Gasteiger partial charge in [0.1, 0.15) is 0 Å². The van der Waals surface area contributed by atoms with Crippen LogP contribution >= 0.6 is 0 Å². The molecule has 1 heterocycles. The molecule has 0 amide bonds. The molecule has 0 radical (unpaired) electrons. The molecular formula is C20H24O7S2. The first-order valence-corrected chi connectivity index (χ1v) is 12.0. The van der Waals surface area contributed by atoms with Crippen molar-refractivity contribution < 1.29 is 29.9 Å². The molecule has 3 rings (SSSR count). The second kappa shape index (κ2) is 8.93. The fourth-order valence-corrected chi connectivity index (χ4v) is 4.78. The summed E-state index contributed by atoms with van der Waals surface area (Å²) in [5.74, 6) is 0. The van der Waals surface area contributed by atoms with Gasteiger partial charge >= 0.3 is 0 Å². The molecule has 7 nitrogen and oxygen atoms in total. The van der Waals surface area contributed by atoms with Crippen LogP contribution in [0.4, 0.5) is 0 Å². The van der Waals surface area contributed by atoms with E-state index >= 15 is 0 Å². The second-order valence-electron chi connectivity index (χ2n) is 7.06. The lowest BCUT2D eigenvalue weighted by Crippen LogP contribution is -2.23. The zero-order valence-electron chi connectivity index (χ0n) is 16.3. The highest BCUT2D eigenvalue weighted by Gasteiger charge is 2.29. The van der Waals surface area contributed by atoms with Crippen molar-refractivity contribution in [3.63, 3.8) is 0 Å². The van der Waals surface area contributed by atoms with Crippen molar-refractivity contribution in [2.24, 2.45) is 0 Å². The molecule has 2 aromatic carbocycles. The molecule has 0 bridgehead atoms. The van der Waals surface area contributed by atoms with Crippen molar-refractivity contribution in [1.82, 2.24) is 0 Å². The number of rotatable bonds is 8. The predicted molar refractivity (Wildman–Crippen MR) is 107 cm³/mol. The van der Waals surface area contributed by atoms with Gasteiger partial charge in [-0.3, -0.25) is 8.37 Å². The lowest BCUT2D eigenvalue weighted by atomic mass is 10.2. The molecule has 0 unspecified atom stereocenters. The lowest BCUT2D eigenvalue weighted by Gasteiger charge is -2.14. The summed E-state index contributed by atoms with van der Waals surface area (Å²) in [5, 5.41) is 0. The monoisotopic (exact) mass is 440 g/mol. The van der Waals surface area contributed by atoms with Crippen molar-refractivity contribution >= 4 is 20.2 Å². The van der Waals surface area contributed by atoms with Gasteiger partial charge in [0, 0.05) is 0 Å². The van der Waals surface area contributed by atoms with Gasteiger partial charge in [-0.25, -0.2) is 0 Å². The number of benzene rings is 2. The summed E-state index contributed by atoms with van der Waals surface area (Å²) in [6.45, 7) is 3.48. The van der Waals surface area contributed by atoms with Crippen molar-refractivity contribution in [1.29, 1.82) is 0 Å². The van der Waals surface area contributed by atoms with E-state index in [4.69, 9.17) is 13.1 Å². The van der Waals surface area contributed by atoms with Crippen LogP contribution in [0.5, 0.6) is 0 Å². The third kappa shape index (κ3) is 5.86. The number of hydrogen-bond acceptors (Lipinski definition) is 7. The summed E-state index contributed by atoms with van der Waals surface area (Å²) in [6.07, 6.45) is 0.237. The highest BCUT2D eigenvalue weighted by Crippen LogP contribution is 2.23. The van der Waals surface area contributed by atoms with Crippen molar-refractivity contribution in [2.45, 2.75) is 48.7 Å². The topological polar surface area (TPSA) is 96.0 Å². The van der Waals surface area contributed by atoms with Crippen LogP contribution in [-0.2, 0) is 33.3 Å². The quantitative estimate of drug-likeness (QED) is 0.582. The normalized spacial score (nSPS) is 20.1. The van der Waals surface area contributed by atoms with E-state index in [-0.39, 0.29) is 23.0 Å². The van der Waals surface area contributed by atoms with Crippen LogP contribution in [0.3, 0.4) is 0 Å². The molecule has 0 aliphatic carbocycles. The summed E-state index contributed by atoms with van der Waals surface area (Å²) < 4.78 is 64.8. The molecule has 1 fully saturated rings. The maximum atomic E-state index is 12.2. The highest BCUT2D eigenvalue weighted by molar-refractivity contribution is 7.87. The van der Waals surface area contributed by atoms with Crippen LogP contribution in [0, 0.1) is 13.8 Å². The van der Waals surface area contributed by atoms with Gasteiger partial charge in [-0.15, -0.1) is 0 Å². The Morgan fingerprint density at radius 3 is 1.41 bits per heavy atom. The maximum absolute atomic E-state index is 12.2. The zero-order valence-corrected chi connectivity index (χ0v) is 17.9. The maximum Gasteiger partial charge on any atom is 0.297 e. The second-order valence-corrected chi connectivity index (χ2v) is 10.3. The van der Waals surface area contributed by atoms with Gasteiger partial charge in [-0.1, -0.05) is 35.4 Å². The summed E-state index contributed by atoms with van der Waals surface area (Å²) >= 11 is 0. The largest absolute Gasteiger partial charge is 0.370 e. The fourth-order valence-electron chi connectivity index (χ4n) is 2.90. The molecule has 0 saturated carbocycles. The van der Waals surface area contributed by atoms with Gasteiger partial charge in [0.2, 0.25) is 0 Å². The third-order valence-electron chi connectivity index (χ3n) is 4.63. The van der Waals surface area contributed by atoms with E-state index in [0.717, 1.165) is 11.1 Å². The zero-order chi connectivity index (χ0) is 21.1. The van der Waals surface area contributed by atoms with Crippen molar-refractivity contribution in [2.75, 3.05) is 13.2 Å². The predicted octanol–water partition coefficient (Wildman–Crippen LogP) is 2.96. The van der Waals surface area contributed by atoms with Crippen LogP contribution in [0.2, 0.25) is 0 Å². The van der Waals surface area contributed by atoms with Crippen molar-refractivity contribution in [3.05, 3.63) is 59.7 Å². The van der Waals surface area contributed by atoms with Crippen molar-refractivity contribution in [3.8, 4) is 0 Å². The van der Waals surface area contributed by atoms with Gasteiger partial charge in [0.25, 0.3) is 20.2 Å². The van der Waals surface area contributed by atoms with Gasteiger partial charge < -0.3 is 4.74 Å². The Bertz CT molecular complexity index is 942. The molecule has 1 aliphatic rings. The van der Waals surface area contributed by atoms with Crippen LogP contribution < -0.4 is 0 Å². The minimum Gasteiger partial charge on any atom is -0.370 e. The smallest absolute Gasteiger partial charge is 0.297 e. The first-order valence-electron chi connectivity index (χ1n) is 9.23. The van der Waals surface area contributed by atoms with Gasteiger partial charge in [0.15, 0.2) is 0 Å². The Balaban J connectivity index is 1.49. The fraction of sp³-hybridized carbons (Fsp3) is 0.400. The van der Waals surface area contributed by atoms with E-state index in [2.05, 4.69) is 0 Å². The van der Waals surface area contributed by atoms with Gasteiger partial charge in [0.05, 0.1) is 35.2 Å². The standard InChI is InChI=1S/C20H24O7S2/c1-15-3-9-19(10-4-15)28(21,22)25-13-17-7-8-18(27-17)14-26-29(23,24)20-11-5-16(2)6-12-20/h3-6,9-12,17-18H,7-8,13-14H2,1-2H3/t17-,18-/m0/s1. The van der Waals surface area contributed by atoms with E-state index in [1.807, 2.05) is 13.8 Å². The van der Waals surface area contributed by atoms with E-state index in [1.165, 1.54) is 24.3 Å². The molecule has 0 N–H and O–H groups in total. The molecule has 1 aliphatic heterocycles. The Hall–Kier alpha value is -1.78. The lowest BCUT2D eigenvalue weighted by molar-refractivity contribution is -0.000186. The minimum atomic E-state index is -3.86. The molecule has 0 spiro atoms. The molecule has 2 atom stereocenters. The molecule has 0 aromatic heterocycles. The van der Waals surface area contributed by atoms with Gasteiger partial charge in [-0.05, 0) is 51.0 Å². The Labute approximate surface area is 171 Å². The van der Waals surface area contributed by atoms with Crippen LogP contribution in [-0.4, -0.2) is 42.3 Å². The van der Waals surface area contributed by atoms with Crippen LogP contribution in [0.25, 0.3) is 0 Å². The first-order chi connectivity index (χ1) is 13.7. The summed E-state index contributed by atoms with van der Waals surface area (Å²) in [5.41, 5.74) is 1.90. The average Bonchev–Trinajstić information content (AvgIpc) is 3.14. The summed E-state index contributed by atoms with van der Waals surface area (Å²) in [4.78, 5) is 0.176. The Kier molecular flexibility index (Phi) is 6.75. The number of aryl methyl sites for hydroxylation is 2. The Morgan fingerprint density at radius 1 is 0.724 bits per heavy atom. The minimum absolute atomic E-state index is 0.0881. The first kappa shape index (κ1) is 21.9. The van der Waals surface area contributed by atoms with E-state index in [0.29, 0.717) is 12.8 Å². The number of hydrogen-bond donors (Lipinski definition) is 0. The van der Waals surface area contributed by atoms with Crippen LogP contribution in [0.1, 0.15) is 24.0 Å². The highest BCUT2D eigenvalue weighted by atomic mass is 32.2. The van der Waals surface area contributed by atoms with E-state index < -0.39 is 32.4 Å². The molecule has 158 valence electrons. The van der Waals surface area contributed by atoms with Crippen LogP contribution in [0.15, 0.2) is 58.3 Å². The molecule has 9 heteroatoms. The van der Waals surface area contributed by atoms with E-state index in [9.17, 15) is 16.8 Å². The average molecular weight is 441 g/mol. The number of ether oxygens (including phenoxy) is 1. The molecule has 2 aromatic rings. The van der Waals surface area contributed by atoms with E-state index in [1.54, 1.807) is 24.3 Å². The third-order valence-corrected chi connectivity index (χ3v) is 7.22. The summed E-state index contributed by atoms with van der Waals surface area (Å²) in [7, 11) is -7.73. The molecular weight excluding hydrogens is 416 g/mol. The summed E-state index contributed by atoms with van der Waals surface area (Å²) in [6, 6.07) is 12.8. The molecule has 1 saturated heterocycles. The SMILES string of the molecule is Cc1ccc(S(=O)(=O)OC[C@@H]2CC[C@@H](COS(=O)(=O)c3ccc(C)cc3)O2)cc1. The Morgan fingerprint density at radius 2 is 1.07 bits per heavy atom. The molecule has 29 heavy (non-hydrogen) atoms.